The highest BCUT2D eigenvalue weighted by molar-refractivity contribution is 6.08. The monoisotopic (exact) mass is 388 g/mol. The average molecular weight is 388 g/mol. The standard InChI is InChI=1S/C22H20N4O3/c1-2-14-7-9-16(10-8-14)19-23-18(29-25-19)13-26-20(27)22(24-21(26)28)12-11-15-5-3-4-6-17(15)22/h3-10H,2,11-13H2,1H3,(H,24,28). The molecule has 1 N–H and O–H groups in total. The van der Waals surface area contributed by atoms with Crippen LogP contribution >= 0.6 is 0 Å². The predicted octanol–water partition coefficient (Wildman–Crippen LogP) is 3.19. The lowest BCUT2D eigenvalue weighted by atomic mass is 9.92. The normalized spacial score (nSPS) is 20.4. The summed E-state index contributed by atoms with van der Waals surface area (Å²) in [5, 5.41) is 6.91. The summed E-state index contributed by atoms with van der Waals surface area (Å²) in [6.45, 7) is 2.05. The van der Waals surface area contributed by atoms with Crippen LogP contribution in [0.15, 0.2) is 53.1 Å². The lowest BCUT2D eigenvalue weighted by molar-refractivity contribution is -0.132. The first-order chi connectivity index (χ1) is 14.1. The zero-order chi connectivity index (χ0) is 20.0. The van der Waals surface area contributed by atoms with Crippen LogP contribution in [0.25, 0.3) is 11.4 Å². The SMILES string of the molecule is CCc1ccc(-c2noc(CN3C(=O)NC4(CCc5ccccc54)C3=O)n2)cc1. The number of urea groups is 1. The van der Waals surface area contributed by atoms with Gasteiger partial charge in [-0.25, -0.2) is 4.79 Å². The molecule has 1 aromatic heterocycles. The maximum Gasteiger partial charge on any atom is 0.325 e. The molecule has 1 fully saturated rings. The van der Waals surface area contributed by atoms with Crippen LogP contribution in [0.4, 0.5) is 4.79 Å². The minimum absolute atomic E-state index is 0.0470. The molecule has 2 aromatic carbocycles. The fraction of sp³-hybridized carbons (Fsp3) is 0.273. The molecular weight excluding hydrogens is 368 g/mol. The Morgan fingerprint density at radius 1 is 1.14 bits per heavy atom. The van der Waals surface area contributed by atoms with E-state index in [-0.39, 0.29) is 18.3 Å². The number of amides is 3. The lowest BCUT2D eigenvalue weighted by Gasteiger charge is -2.21. The molecule has 1 spiro atoms. The van der Waals surface area contributed by atoms with Crippen molar-refractivity contribution >= 4 is 11.9 Å². The second-order valence-electron chi connectivity index (χ2n) is 7.45. The van der Waals surface area contributed by atoms with Gasteiger partial charge < -0.3 is 9.84 Å². The number of rotatable bonds is 4. The highest BCUT2D eigenvalue weighted by atomic mass is 16.5. The number of hydrogen-bond acceptors (Lipinski definition) is 5. The molecule has 2 heterocycles. The second-order valence-corrected chi connectivity index (χ2v) is 7.45. The van der Waals surface area contributed by atoms with E-state index in [1.54, 1.807) is 0 Å². The van der Waals surface area contributed by atoms with Crippen LogP contribution in [-0.2, 0) is 29.7 Å². The van der Waals surface area contributed by atoms with Crippen LogP contribution in [0.3, 0.4) is 0 Å². The van der Waals surface area contributed by atoms with Gasteiger partial charge in [0.25, 0.3) is 5.91 Å². The van der Waals surface area contributed by atoms with Gasteiger partial charge in [0, 0.05) is 5.56 Å². The zero-order valence-corrected chi connectivity index (χ0v) is 16.0. The van der Waals surface area contributed by atoms with E-state index >= 15 is 0 Å². The maximum absolute atomic E-state index is 13.2. The minimum Gasteiger partial charge on any atom is -0.337 e. The molecular formula is C22H20N4O3. The van der Waals surface area contributed by atoms with E-state index in [4.69, 9.17) is 4.52 Å². The van der Waals surface area contributed by atoms with Crippen molar-refractivity contribution in [1.82, 2.24) is 20.4 Å². The van der Waals surface area contributed by atoms with E-state index in [1.807, 2.05) is 48.5 Å². The number of imide groups is 1. The first kappa shape index (κ1) is 17.6. The number of hydrogen-bond donors (Lipinski definition) is 1. The fourth-order valence-electron chi connectivity index (χ4n) is 4.19. The molecule has 0 bridgehead atoms. The number of fused-ring (bicyclic) bond motifs is 2. The number of aryl methyl sites for hydroxylation is 2. The Bertz CT molecular complexity index is 1110. The molecule has 146 valence electrons. The Labute approximate surface area is 167 Å². The van der Waals surface area contributed by atoms with E-state index in [0.717, 1.165) is 29.5 Å². The third-order valence-electron chi connectivity index (χ3n) is 5.80. The number of aromatic nitrogens is 2. The van der Waals surface area contributed by atoms with Crippen molar-refractivity contribution in [2.75, 3.05) is 0 Å². The van der Waals surface area contributed by atoms with Gasteiger partial charge in [-0.3, -0.25) is 9.69 Å². The van der Waals surface area contributed by atoms with Gasteiger partial charge in [-0.1, -0.05) is 60.6 Å². The summed E-state index contributed by atoms with van der Waals surface area (Å²) in [7, 11) is 0. The van der Waals surface area contributed by atoms with Crippen molar-refractivity contribution in [2.24, 2.45) is 0 Å². The highest BCUT2D eigenvalue weighted by Crippen LogP contribution is 2.41. The van der Waals surface area contributed by atoms with Crippen LogP contribution in [0.1, 0.15) is 35.9 Å². The molecule has 1 atom stereocenters. The summed E-state index contributed by atoms with van der Waals surface area (Å²) < 4.78 is 5.32. The highest BCUT2D eigenvalue weighted by Gasteiger charge is 2.55. The van der Waals surface area contributed by atoms with Crippen LogP contribution in [-0.4, -0.2) is 27.0 Å². The molecule has 0 saturated carbocycles. The molecule has 29 heavy (non-hydrogen) atoms. The fourth-order valence-corrected chi connectivity index (χ4v) is 4.19. The van der Waals surface area contributed by atoms with Crippen molar-refractivity contribution in [3.8, 4) is 11.4 Å². The average Bonchev–Trinajstić information content (AvgIpc) is 3.43. The number of nitrogens with one attached hydrogen (secondary N) is 1. The Balaban J connectivity index is 1.38. The van der Waals surface area contributed by atoms with E-state index in [9.17, 15) is 9.59 Å². The number of carbonyl (C=O) groups is 2. The summed E-state index contributed by atoms with van der Waals surface area (Å²) in [5.74, 6) is 0.404. The summed E-state index contributed by atoms with van der Waals surface area (Å²) in [5.41, 5.74) is 3.04. The van der Waals surface area contributed by atoms with Gasteiger partial charge in [-0.2, -0.15) is 4.98 Å². The molecule has 3 aromatic rings. The maximum atomic E-state index is 13.2. The van der Waals surface area contributed by atoms with Gasteiger partial charge in [0.2, 0.25) is 11.7 Å². The smallest absolute Gasteiger partial charge is 0.325 e. The molecule has 7 nitrogen and oxygen atoms in total. The minimum atomic E-state index is -0.980. The Morgan fingerprint density at radius 2 is 1.93 bits per heavy atom. The second kappa shape index (κ2) is 6.55. The molecule has 1 unspecified atom stereocenters. The van der Waals surface area contributed by atoms with E-state index in [2.05, 4.69) is 22.4 Å². The largest absolute Gasteiger partial charge is 0.337 e. The quantitative estimate of drug-likeness (QED) is 0.694. The van der Waals surface area contributed by atoms with Crippen LogP contribution in [0, 0.1) is 0 Å². The van der Waals surface area contributed by atoms with E-state index in [0.29, 0.717) is 12.2 Å². The molecule has 0 radical (unpaired) electrons. The molecule has 3 amide bonds. The first-order valence-electron chi connectivity index (χ1n) is 9.75. The van der Waals surface area contributed by atoms with Crippen molar-refractivity contribution in [3.63, 3.8) is 0 Å². The summed E-state index contributed by atoms with van der Waals surface area (Å²) in [6, 6.07) is 15.2. The molecule has 1 aliphatic carbocycles. The van der Waals surface area contributed by atoms with Crippen LogP contribution in [0.2, 0.25) is 0 Å². The number of nitrogens with zero attached hydrogens (tertiary/aromatic N) is 3. The summed E-state index contributed by atoms with van der Waals surface area (Å²) in [4.78, 5) is 31.4. The van der Waals surface area contributed by atoms with Crippen molar-refractivity contribution in [1.29, 1.82) is 0 Å². The van der Waals surface area contributed by atoms with Gasteiger partial charge in [0.1, 0.15) is 12.1 Å². The van der Waals surface area contributed by atoms with Crippen LogP contribution < -0.4 is 5.32 Å². The summed E-state index contributed by atoms with van der Waals surface area (Å²) >= 11 is 0. The lowest BCUT2D eigenvalue weighted by Crippen LogP contribution is -2.41. The van der Waals surface area contributed by atoms with Gasteiger partial charge >= 0.3 is 6.03 Å². The molecule has 7 heteroatoms. The summed E-state index contributed by atoms with van der Waals surface area (Å²) in [6.07, 6.45) is 2.27. The van der Waals surface area contributed by atoms with Gasteiger partial charge in [-0.15, -0.1) is 0 Å². The van der Waals surface area contributed by atoms with Crippen molar-refractivity contribution in [3.05, 3.63) is 71.1 Å². The third kappa shape index (κ3) is 2.73. The predicted molar refractivity (Wildman–Crippen MR) is 105 cm³/mol. The Hall–Kier alpha value is -3.48. The number of carbonyl (C=O) groups excluding carboxylic acids is 2. The van der Waals surface area contributed by atoms with E-state index in [1.165, 1.54) is 10.5 Å². The van der Waals surface area contributed by atoms with Crippen molar-refractivity contribution in [2.45, 2.75) is 38.3 Å². The van der Waals surface area contributed by atoms with E-state index < -0.39 is 11.6 Å². The number of benzene rings is 2. The van der Waals surface area contributed by atoms with Crippen LogP contribution in [0.5, 0.6) is 0 Å². The first-order valence-corrected chi connectivity index (χ1v) is 9.75. The van der Waals surface area contributed by atoms with Gasteiger partial charge in [0.15, 0.2) is 0 Å². The molecule has 2 aliphatic rings. The topological polar surface area (TPSA) is 88.3 Å². The zero-order valence-electron chi connectivity index (χ0n) is 16.0. The molecule has 1 aliphatic heterocycles. The Morgan fingerprint density at radius 3 is 2.72 bits per heavy atom. The van der Waals surface area contributed by atoms with Gasteiger partial charge in [0.05, 0.1) is 0 Å². The molecule has 5 rings (SSSR count). The molecule has 1 saturated heterocycles. The van der Waals surface area contributed by atoms with Crippen molar-refractivity contribution < 1.29 is 14.1 Å². The Kier molecular flexibility index (Phi) is 3.97. The third-order valence-corrected chi connectivity index (χ3v) is 5.80. The van der Waals surface area contributed by atoms with Gasteiger partial charge in [-0.05, 0) is 36.0 Å².